The lowest BCUT2D eigenvalue weighted by atomic mass is 10.2. The molecule has 1 amide bonds. The molecule has 1 aliphatic heterocycles. The van der Waals surface area contributed by atoms with E-state index >= 15 is 0 Å². The number of likely N-dealkylation sites (N-methyl/N-ethyl adjacent to an activating group) is 1. The molecule has 128 valence electrons. The molecule has 23 heavy (non-hydrogen) atoms. The van der Waals surface area contributed by atoms with E-state index in [0.29, 0.717) is 17.2 Å². The highest BCUT2D eigenvalue weighted by molar-refractivity contribution is 8.00. The molecule has 1 fully saturated rings. The minimum atomic E-state index is -3.67. The van der Waals surface area contributed by atoms with Gasteiger partial charge >= 0.3 is 0 Å². The van der Waals surface area contributed by atoms with E-state index in [1.54, 1.807) is 31.0 Å². The van der Waals surface area contributed by atoms with Gasteiger partial charge in [0.05, 0.1) is 10.8 Å². The van der Waals surface area contributed by atoms with Gasteiger partial charge in [-0.15, -0.1) is 11.8 Å². The molecule has 1 aliphatic rings. The lowest BCUT2D eigenvalue weighted by molar-refractivity contribution is -0.134. The predicted molar refractivity (Wildman–Crippen MR) is 94.0 cm³/mol. The molecule has 0 spiro atoms. The summed E-state index contributed by atoms with van der Waals surface area (Å²) in [6.45, 7) is 7.56. The van der Waals surface area contributed by atoms with Crippen LogP contribution in [0.3, 0.4) is 0 Å². The van der Waals surface area contributed by atoms with E-state index in [-0.39, 0.29) is 16.8 Å². The van der Waals surface area contributed by atoms with Crippen LogP contribution in [0.5, 0.6) is 0 Å². The van der Waals surface area contributed by atoms with Crippen molar-refractivity contribution in [3.63, 3.8) is 0 Å². The maximum absolute atomic E-state index is 13.0. The summed E-state index contributed by atoms with van der Waals surface area (Å²) in [5.74, 6) is 0.677. The highest BCUT2D eigenvalue weighted by atomic mass is 32.2. The van der Waals surface area contributed by atoms with E-state index in [9.17, 15) is 13.2 Å². The third kappa shape index (κ3) is 3.56. The third-order valence-electron chi connectivity index (χ3n) is 4.17. The standard InChI is InChI=1S/C16H24N2O3S2/c1-11(2)17(5)16(19)14-9-22-10-18(14)23(20,21)15-7-6-12(3)8-13(15)4/h6-8,11,14H,9-10H2,1-5H3/t14-/m1/s1. The van der Waals surface area contributed by atoms with Gasteiger partial charge in [-0.1, -0.05) is 17.7 Å². The highest BCUT2D eigenvalue weighted by Crippen LogP contribution is 2.31. The molecule has 7 heteroatoms. The first kappa shape index (κ1) is 18.3. The monoisotopic (exact) mass is 356 g/mol. The van der Waals surface area contributed by atoms with Gasteiger partial charge in [0, 0.05) is 18.8 Å². The first-order chi connectivity index (χ1) is 10.7. The van der Waals surface area contributed by atoms with Crippen molar-refractivity contribution < 1.29 is 13.2 Å². The summed E-state index contributed by atoms with van der Waals surface area (Å²) >= 11 is 1.48. The molecule has 0 aliphatic carbocycles. The quantitative estimate of drug-likeness (QED) is 0.830. The van der Waals surface area contributed by atoms with E-state index in [2.05, 4.69) is 0 Å². The van der Waals surface area contributed by atoms with Crippen molar-refractivity contribution in [3.05, 3.63) is 29.3 Å². The number of rotatable bonds is 4. The van der Waals surface area contributed by atoms with E-state index in [0.717, 1.165) is 5.56 Å². The molecule has 0 radical (unpaired) electrons. The number of nitrogens with zero attached hydrogens (tertiary/aromatic N) is 2. The van der Waals surface area contributed by atoms with Crippen LogP contribution >= 0.6 is 11.8 Å². The summed E-state index contributed by atoms with van der Waals surface area (Å²) in [6.07, 6.45) is 0. The Labute approximate surface area is 143 Å². The number of aryl methyl sites for hydroxylation is 2. The van der Waals surface area contributed by atoms with Crippen molar-refractivity contribution >= 4 is 27.7 Å². The van der Waals surface area contributed by atoms with Gasteiger partial charge in [-0.25, -0.2) is 8.42 Å². The van der Waals surface area contributed by atoms with Gasteiger partial charge in [0.2, 0.25) is 15.9 Å². The minimum absolute atomic E-state index is 0.0405. The number of benzene rings is 1. The van der Waals surface area contributed by atoms with Crippen LogP contribution in [-0.2, 0) is 14.8 Å². The molecular weight excluding hydrogens is 332 g/mol. The molecule has 0 aromatic heterocycles. The van der Waals surface area contributed by atoms with Crippen LogP contribution in [0.15, 0.2) is 23.1 Å². The van der Waals surface area contributed by atoms with Crippen LogP contribution in [0.25, 0.3) is 0 Å². The van der Waals surface area contributed by atoms with E-state index in [1.807, 2.05) is 26.8 Å². The molecule has 1 atom stereocenters. The molecular formula is C16H24N2O3S2. The normalized spacial score (nSPS) is 19.3. The van der Waals surface area contributed by atoms with E-state index < -0.39 is 16.1 Å². The highest BCUT2D eigenvalue weighted by Gasteiger charge is 2.41. The Bertz CT molecular complexity index is 701. The van der Waals surface area contributed by atoms with Gasteiger partial charge in [0.15, 0.2) is 0 Å². The van der Waals surface area contributed by atoms with Gasteiger partial charge in [0.25, 0.3) is 0 Å². The Morgan fingerprint density at radius 2 is 2.00 bits per heavy atom. The van der Waals surface area contributed by atoms with Crippen LogP contribution in [0, 0.1) is 13.8 Å². The molecule has 1 aromatic carbocycles. The van der Waals surface area contributed by atoms with Crippen LogP contribution in [0.4, 0.5) is 0 Å². The van der Waals surface area contributed by atoms with Gasteiger partial charge in [0.1, 0.15) is 6.04 Å². The van der Waals surface area contributed by atoms with Crippen LogP contribution in [0.2, 0.25) is 0 Å². The second kappa shape index (κ2) is 6.83. The molecule has 1 aromatic rings. The van der Waals surface area contributed by atoms with Gasteiger partial charge in [-0.3, -0.25) is 4.79 Å². The maximum Gasteiger partial charge on any atom is 0.244 e. The summed E-state index contributed by atoms with van der Waals surface area (Å²) in [4.78, 5) is 14.5. The first-order valence-corrected chi connectivity index (χ1v) is 10.2. The van der Waals surface area contributed by atoms with Crippen LogP contribution in [0.1, 0.15) is 25.0 Å². The van der Waals surface area contributed by atoms with E-state index in [4.69, 9.17) is 0 Å². The molecule has 0 bridgehead atoms. The fourth-order valence-electron chi connectivity index (χ4n) is 2.56. The largest absolute Gasteiger partial charge is 0.342 e. The Morgan fingerprint density at radius 3 is 2.57 bits per heavy atom. The second-order valence-electron chi connectivity index (χ2n) is 6.22. The van der Waals surface area contributed by atoms with Gasteiger partial charge in [-0.05, 0) is 39.3 Å². The smallest absolute Gasteiger partial charge is 0.244 e. The zero-order valence-corrected chi connectivity index (χ0v) is 15.9. The predicted octanol–water partition coefficient (Wildman–Crippen LogP) is 2.23. The summed E-state index contributed by atoms with van der Waals surface area (Å²) < 4.78 is 27.4. The zero-order chi connectivity index (χ0) is 17.4. The van der Waals surface area contributed by atoms with E-state index in [1.165, 1.54) is 16.1 Å². The topological polar surface area (TPSA) is 57.7 Å². The molecule has 0 N–H and O–H groups in total. The number of amides is 1. The fraction of sp³-hybridized carbons (Fsp3) is 0.562. The number of thioether (sulfide) groups is 1. The van der Waals surface area contributed by atoms with Crippen molar-refractivity contribution in [1.82, 2.24) is 9.21 Å². The Hall–Kier alpha value is -1.05. The third-order valence-corrected chi connectivity index (χ3v) is 7.36. The van der Waals surface area contributed by atoms with Crippen molar-refractivity contribution in [3.8, 4) is 0 Å². The Balaban J connectivity index is 2.37. The summed E-state index contributed by atoms with van der Waals surface area (Å²) in [7, 11) is -1.95. The zero-order valence-electron chi connectivity index (χ0n) is 14.2. The van der Waals surface area contributed by atoms with Crippen molar-refractivity contribution in [2.45, 2.75) is 44.7 Å². The Kier molecular flexibility index (Phi) is 5.43. The number of hydrogen-bond acceptors (Lipinski definition) is 4. The van der Waals surface area contributed by atoms with Gasteiger partial charge in [-0.2, -0.15) is 4.31 Å². The van der Waals surface area contributed by atoms with Crippen molar-refractivity contribution in [1.29, 1.82) is 0 Å². The molecule has 0 saturated carbocycles. The Morgan fingerprint density at radius 1 is 1.35 bits per heavy atom. The summed E-state index contributed by atoms with van der Waals surface area (Å²) in [5, 5.41) is 0. The molecule has 1 saturated heterocycles. The number of hydrogen-bond donors (Lipinski definition) is 0. The molecule has 0 unspecified atom stereocenters. The minimum Gasteiger partial charge on any atom is -0.342 e. The molecule has 2 rings (SSSR count). The van der Waals surface area contributed by atoms with Crippen LogP contribution in [-0.4, -0.2) is 54.3 Å². The molecule has 5 nitrogen and oxygen atoms in total. The van der Waals surface area contributed by atoms with Gasteiger partial charge < -0.3 is 4.90 Å². The van der Waals surface area contributed by atoms with Crippen LogP contribution < -0.4 is 0 Å². The average molecular weight is 357 g/mol. The molecule has 1 heterocycles. The second-order valence-corrected chi connectivity index (χ2v) is 9.08. The number of sulfonamides is 1. The SMILES string of the molecule is Cc1ccc(S(=O)(=O)N2CSC[C@@H]2C(=O)N(C)C(C)C)c(C)c1. The maximum atomic E-state index is 13.0. The summed E-state index contributed by atoms with van der Waals surface area (Å²) in [5.41, 5.74) is 1.73. The first-order valence-electron chi connectivity index (χ1n) is 7.59. The average Bonchev–Trinajstić information content (AvgIpc) is 2.95. The lowest BCUT2D eigenvalue weighted by Crippen LogP contribution is -2.49. The number of carbonyl (C=O) groups is 1. The fourth-order valence-corrected chi connectivity index (χ4v) is 5.91. The number of carbonyl (C=O) groups excluding carboxylic acids is 1. The lowest BCUT2D eigenvalue weighted by Gasteiger charge is -2.29. The summed E-state index contributed by atoms with van der Waals surface area (Å²) in [6, 6.07) is 4.70. The van der Waals surface area contributed by atoms with Crippen molar-refractivity contribution in [2.75, 3.05) is 18.7 Å². The van der Waals surface area contributed by atoms with Crippen molar-refractivity contribution in [2.24, 2.45) is 0 Å².